The first-order valence-corrected chi connectivity index (χ1v) is 9.67. The van der Waals surface area contributed by atoms with Crippen molar-refractivity contribution in [2.24, 2.45) is 0 Å². The van der Waals surface area contributed by atoms with Crippen molar-refractivity contribution >= 4 is 27.6 Å². The van der Waals surface area contributed by atoms with E-state index in [0.717, 1.165) is 11.1 Å². The summed E-state index contributed by atoms with van der Waals surface area (Å²) in [7, 11) is 0. The maximum absolute atomic E-state index is 15.6. The molecule has 154 valence electrons. The van der Waals surface area contributed by atoms with Gasteiger partial charge in [-0.25, -0.2) is 9.37 Å². The average molecular weight is 423 g/mol. The zero-order chi connectivity index (χ0) is 21.7. The summed E-state index contributed by atoms with van der Waals surface area (Å²) in [5.74, 6) is -0.122. The number of hydrogen-bond acceptors (Lipinski definition) is 7. The Labute approximate surface area is 179 Å². The zero-order valence-electron chi connectivity index (χ0n) is 16.4. The van der Waals surface area contributed by atoms with Gasteiger partial charge in [0.25, 0.3) is 0 Å². The summed E-state index contributed by atoms with van der Waals surface area (Å²) in [5, 5.41) is 7.41. The topological polar surface area (TPSA) is 135 Å². The van der Waals surface area contributed by atoms with Gasteiger partial charge in [0.2, 0.25) is 0 Å². The summed E-state index contributed by atoms with van der Waals surface area (Å²) in [6, 6.07) is 5.38. The minimum absolute atomic E-state index is 0.134. The minimum atomic E-state index is -0.536. The van der Waals surface area contributed by atoms with Crippen molar-refractivity contribution in [2.75, 3.05) is 5.73 Å². The Kier molecular flexibility index (Phi) is 3.90. The molecule has 0 radical (unpaired) electrons. The number of aromatic nitrogens is 8. The number of anilines is 1. The van der Waals surface area contributed by atoms with E-state index in [-0.39, 0.29) is 11.1 Å². The molecule has 6 rings (SSSR count). The van der Waals surface area contributed by atoms with E-state index in [1.807, 2.05) is 12.1 Å². The van der Waals surface area contributed by atoms with E-state index >= 15 is 4.39 Å². The van der Waals surface area contributed by atoms with E-state index in [1.165, 1.54) is 18.6 Å². The third-order valence-electron chi connectivity index (χ3n) is 5.19. The lowest BCUT2D eigenvalue weighted by atomic mass is 10.1. The number of nitrogens with zero attached hydrogens (tertiary/aromatic N) is 6. The molecule has 0 amide bonds. The maximum Gasteiger partial charge on any atom is 0.161 e. The first-order valence-electron chi connectivity index (χ1n) is 9.67. The molecule has 6 aromatic rings. The molecule has 0 aliphatic heterocycles. The molecule has 0 unspecified atom stereocenters. The van der Waals surface area contributed by atoms with Gasteiger partial charge in [-0.05, 0) is 23.8 Å². The molecule has 0 aliphatic carbocycles. The van der Waals surface area contributed by atoms with Crippen LogP contribution in [0, 0.1) is 5.82 Å². The molecule has 0 saturated carbocycles. The van der Waals surface area contributed by atoms with Gasteiger partial charge in [0.1, 0.15) is 11.4 Å². The Bertz CT molecular complexity index is 1600. The van der Waals surface area contributed by atoms with Crippen LogP contribution in [0.25, 0.3) is 55.8 Å². The number of pyridine rings is 4. The summed E-state index contributed by atoms with van der Waals surface area (Å²) >= 11 is 0. The minimum Gasteiger partial charge on any atom is -0.397 e. The quantitative estimate of drug-likeness (QED) is 0.394. The molecule has 0 spiro atoms. The highest BCUT2D eigenvalue weighted by atomic mass is 19.1. The fraction of sp³-hybridized carbons (Fsp3) is 0. The van der Waals surface area contributed by atoms with Crippen LogP contribution in [0.3, 0.4) is 0 Å². The second kappa shape index (κ2) is 6.91. The molecular formula is C22H14FN9. The highest BCUT2D eigenvalue weighted by Gasteiger charge is 2.21. The molecule has 10 heteroatoms. The molecule has 9 nitrogen and oxygen atoms in total. The number of H-pyrrole nitrogens is 2. The van der Waals surface area contributed by atoms with Crippen LogP contribution in [0.15, 0.2) is 61.6 Å². The van der Waals surface area contributed by atoms with Crippen molar-refractivity contribution < 1.29 is 4.39 Å². The van der Waals surface area contributed by atoms with Crippen molar-refractivity contribution in [3.05, 3.63) is 67.4 Å². The van der Waals surface area contributed by atoms with E-state index in [4.69, 9.17) is 10.7 Å². The molecule has 0 atom stereocenters. The molecule has 32 heavy (non-hydrogen) atoms. The molecule has 0 aliphatic rings. The average Bonchev–Trinajstić information content (AvgIpc) is 3.44. The van der Waals surface area contributed by atoms with E-state index in [1.54, 1.807) is 30.9 Å². The van der Waals surface area contributed by atoms with Crippen LogP contribution in [-0.2, 0) is 0 Å². The lowest BCUT2D eigenvalue weighted by molar-refractivity contribution is 0.638. The van der Waals surface area contributed by atoms with Gasteiger partial charge in [-0.15, -0.1) is 0 Å². The van der Waals surface area contributed by atoms with Gasteiger partial charge in [0, 0.05) is 42.1 Å². The van der Waals surface area contributed by atoms with E-state index < -0.39 is 5.82 Å². The molecule has 0 bridgehead atoms. The Balaban J connectivity index is 1.55. The van der Waals surface area contributed by atoms with Crippen molar-refractivity contribution in [2.45, 2.75) is 0 Å². The van der Waals surface area contributed by atoms with Gasteiger partial charge in [-0.2, -0.15) is 5.10 Å². The summed E-state index contributed by atoms with van der Waals surface area (Å²) in [4.78, 5) is 24.6. The lowest BCUT2D eigenvalue weighted by Gasteiger charge is -2.04. The summed E-state index contributed by atoms with van der Waals surface area (Å²) in [5.41, 5.74) is 10.8. The molecule has 6 aromatic heterocycles. The van der Waals surface area contributed by atoms with Gasteiger partial charge in [-0.1, -0.05) is 0 Å². The Morgan fingerprint density at radius 2 is 1.69 bits per heavy atom. The number of nitrogens with two attached hydrogens (primary N) is 1. The van der Waals surface area contributed by atoms with Crippen molar-refractivity contribution in [1.82, 2.24) is 40.1 Å². The van der Waals surface area contributed by atoms with E-state index in [9.17, 15) is 0 Å². The zero-order valence-corrected chi connectivity index (χ0v) is 16.4. The first-order chi connectivity index (χ1) is 15.7. The van der Waals surface area contributed by atoms with Crippen LogP contribution in [0.5, 0.6) is 0 Å². The number of fused-ring (bicyclic) bond motifs is 2. The molecule has 6 heterocycles. The largest absolute Gasteiger partial charge is 0.397 e. The molecule has 0 aromatic carbocycles. The third kappa shape index (κ3) is 2.77. The van der Waals surface area contributed by atoms with Gasteiger partial charge in [-0.3, -0.25) is 25.0 Å². The number of nitrogens with one attached hydrogen (secondary N) is 2. The Morgan fingerprint density at radius 3 is 2.53 bits per heavy atom. The number of aromatic amines is 2. The van der Waals surface area contributed by atoms with E-state index in [2.05, 4.69) is 35.1 Å². The van der Waals surface area contributed by atoms with Crippen LogP contribution >= 0.6 is 0 Å². The SMILES string of the molecule is Nc1cncc(-c2ncc3[nH]nc(-c4nc5c(-c6ccncc6)cncc5[nH]4)c3c2F)c1. The Hall–Kier alpha value is -4.73. The maximum atomic E-state index is 15.6. The monoisotopic (exact) mass is 423 g/mol. The molecule has 0 saturated heterocycles. The number of imidazole rings is 1. The smallest absolute Gasteiger partial charge is 0.161 e. The number of hydrogen-bond donors (Lipinski definition) is 3. The van der Waals surface area contributed by atoms with Crippen LogP contribution in [0.1, 0.15) is 0 Å². The Morgan fingerprint density at radius 1 is 0.844 bits per heavy atom. The normalized spacial score (nSPS) is 11.4. The van der Waals surface area contributed by atoms with Gasteiger partial charge in [0.15, 0.2) is 11.6 Å². The van der Waals surface area contributed by atoms with E-state index in [0.29, 0.717) is 39.3 Å². The second-order valence-electron chi connectivity index (χ2n) is 7.19. The van der Waals surface area contributed by atoms with Crippen molar-refractivity contribution in [3.8, 4) is 33.9 Å². The summed E-state index contributed by atoms with van der Waals surface area (Å²) < 4.78 is 15.6. The number of rotatable bonds is 3. The van der Waals surface area contributed by atoms with Crippen molar-refractivity contribution in [1.29, 1.82) is 0 Å². The van der Waals surface area contributed by atoms with Crippen LogP contribution < -0.4 is 5.73 Å². The van der Waals surface area contributed by atoms with Crippen LogP contribution in [0.2, 0.25) is 0 Å². The fourth-order valence-corrected chi connectivity index (χ4v) is 3.72. The van der Waals surface area contributed by atoms with Crippen LogP contribution in [-0.4, -0.2) is 40.1 Å². The predicted molar refractivity (Wildman–Crippen MR) is 118 cm³/mol. The summed E-state index contributed by atoms with van der Waals surface area (Å²) in [6.07, 6.45) is 11.4. The highest BCUT2D eigenvalue weighted by Crippen LogP contribution is 2.34. The third-order valence-corrected chi connectivity index (χ3v) is 5.19. The predicted octanol–water partition coefficient (Wildman–Crippen LogP) is 3.74. The van der Waals surface area contributed by atoms with Gasteiger partial charge in [0.05, 0.1) is 40.0 Å². The second-order valence-corrected chi connectivity index (χ2v) is 7.19. The summed E-state index contributed by atoms with van der Waals surface area (Å²) in [6.45, 7) is 0. The molecule has 0 fully saturated rings. The number of halogens is 1. The number of nitrogen functional groups attached to an aromatic ring is 1. The van der Waals surface area contributed by atoms with Crippen molar-refractivity contribution in [3.63, 3.8) is 0 Å². The standard InChI is InChI=1S/C22H14FN9/c23-18-17-15(10-28-19(18)12-5-13(24)7-26-6-12)31-32-21(17)22-29-16-9-27-8-14(20(16)30-22)11-1-3-25-4-2-11/h1-10H,24H2,(H,29,30)(H,31,32). The van der Waals surface area contributed by atoms with Gasteiger partial charge >= 0.3 is 0 Å². The lowest BCUT2D eigenvalue weighted by Crippen LogP contribution is -1.94. The van der Waals surface area contributed by atoms with Gasteiger partial charge < -0.3 is 10.7 Å². The molecular weight excluding hydrogens is 409 g/mol. The molecule has 4 N–H and O–H groups in total. The van der Waals surface area contributed by atoms with Crippen LogP contribution in [0.4, 0.5) is 10.1 Å². The first kappa shape index (κ1) is 18.1. The fourth-order valence-electron chi connectivity index (χ4n) is 3.72. The highest BCUT2D eigenvalue weighted by molar-refractivity contribution is 5.97.